The minimum atomic E-state index is 0.0398. The number of nitrogens with zero attached hydrogens (tertiary/aromatic N) is 4. The van der Waals surface area contributed by atoms with Gasteiger partial charge >= 0.3 is 0 Å². The summed E-state index contributed by atoms with van der Waals surface area (Å²) in [6, 6.07) is 5.36. The van der Waals surface area contributed by atoms with Gasteiger partial charge in [-0.25, -0.2) is 4.98 Å². The van der Waals surface area contributed by atoms with E-state index < -0.39 is 0 Å². The van der Waals surface area contributed by atoms with Crippen molar-refractivity contribution in [1.82, 2.24) is 14.9 Å². The van der Waals surface area contributed by atoms with Gasteiger partial charge in [-0.15, -0.1) is 11.3 Å². The second-order valence-electron chi connectivity index (χ2n) is 5.20. The molecule has 1 aliphatic heterocycles. The zero-order chi connectivity index (χ0) is 16.4. The molecule has 0 aromatic carbocycles. The van der Waals surface area contributed by atoms with Crippen LogP contribution < -0.4 is 9.64 Å². The van der Waals surface area contributed by atoms with E-state index in [2.05, 4.69) is 14.9 Å². The fourth-order valence-corrected chi connectivity index (χ4v) is 3.53. The Balaban J connectivity index is 1.66. The highest BCUT2D eigenvalue weighted by Crippen LogP contribution is 2.24. The van der Waals surface area contributed by atoms with Crippen LogP contribution in [0.25, 0.3) is 0 Å². The lowest BCUT2D eigenvalue weighted by Crippen LogP contribution is -2.49. The Morgan fingerprint density at radius 2 is 2.00 bits per heavy atom. The summed E-state index contributed by atoms with van der Waals surface area (Å²) in [7, 11) is 1.59. The van der Waals surface area contributed by atoms with Crippen molar-refractivity contribution in [3.8, 4) is 5.88 Å². The molecule has 2 aromatic heterocycles. The molecular weight excluding hydrogens is 336 g/mol. The molecule has 1 aliphatic rings. The molecule has 0 aliphatic carbocycles. The van der Waals surface area contributed by atoms with Crippen molar-refractivity contribution in [1.29, 1.82) is 0 Å². The predicted molar refractivity (Wildman–Crippen MR) is 90.8 cm³/mol. The van der Waals surface area contributed by atoms with Crippen LogP contribution in [0.2, 0.25) is 4.34 Å². The van der Waals surface area contributed by atoms with Gasteiger partial charge in [0.2, 0.25) is 5.88 Å². The molecule has 0 N–H and O–H groups in total. The number of ether oxygens (including phenoxy) is 1. The molecule has 8 heteroatoms. The van der Waals surface area contributed by atoms with Crippen molar-refractivity contribution in [2.45, 2.75) is 6.92 Å². The van der Waals surface area contributed by atoms with Gasteiger partial charge in [0.15, 0.2) is 0 Å². The zero-order valence-corrected chi connectivity index (χ0v) is 14.5. The van der Waals surface area contributed by atoms with Gasteiger partial charge in [0, 0.05) is 32.2 Å². The SMILES string of the molecule is COc1cc(N2CCN(C(=O)c3ccc(Cl)s3)CC2)nc(C)n1. The molecular formula is C15H17ClN4O2S. The van der Waals surface area contributed by atoms with Crippen LogP contribution in [0.5, 0.6) is 5.88 Å². The lowest BCUT2D eigenvalue weighted by molar-refractivity contribution is 0.0751. The second-order valence-corrected chi connectivity index (χ2v) is 6.91. The van der Waals surface area contributed by atoms with Crippen LogP contribution in [0, 0.1) is 6.92 Å². The van der Waals surface area contributed by atoms with Crippen LogP contribution in [0.3, 0.4) is 0 Å². The molecule has 0 radical (unpaired) electrons. The Kier molecular flexibility index (Phi) is 4.68. The van der Waals surface area contributed by atoms with Gasteiger partial charge in [-0.2, -0.15) is 4.98 Å². The van der Waals surface area contributed by atoms with E-state index in [4.69, 9.17) is 16.3 Å². The van der Waals surface area contributed by atoms with E-state index in [1.807, 2.05) is 17.9 Å². The number of anilines is 1. The molecule has 3 rings (SSSR count). The number of aromatic nitrogens is 2. The standard InChI is InChI=1S/C15H17ClN4O2S/c1-10-17-13(9-14(18-10)22-2)19-5-7-20(8-6-19)15(21)11-3-4-12(16)23-11/h3-4,9H,5-8H2,1-2H3. The first-order chi connectivity index (χ1) is 11.1. The first kappa shape index (κ1) is 16.0. The number of piperazine rings is 1. The second kappa shape index (κ2) is 6.72. The van der Waals surface area contributed by atoms with Gasteiger partial charge in [-0.05, 0) is 19.1 Å². The maximum Gasteiger partial charge on any atom is 0.264 e. The number of hydrogen-bond acceptors (Lipinski definition) is 6. The van der Waals surface area contributed by atoms with Gasteiger partial charge in [-0.3, -0.25) is 4.79 Å². The number of rotatable bonds is 3. The number of hydrogen-bond donors (Lipinski definition) is 0. The number of halogens is 1. The van der Waals surface area contributed by atoms with Crippen LogP contribution in [0.4, 0.5) is 5.82 Å². The maximum atomic E-state index is 12.4. The monoisotopic (exact) mass is 352 g/mol. The molecule has 0 atom stereocenters. The Morgan fingerprint density at radius 3 is 2.61 bits per heavy atom. The smallest absolute Gasteiger partial charge is 0.264 e. The minimum absolute atomic E-state index is 0.0398. The minimum Gasteiger partial charge on any atom is -0.481 e. The number of methoxy groups -OCH3 is 1. The molecule has 3 heterocycles. The molecule has 23 heavy (non-hydrogen) atoms. The average molecular weight is 353 g/mol. The summed E-state index contributed by atoms with van der Waals surface area (Å²) in [5.74, 6) is 2.10. The average Bonchev–Trinajstić information content (AvgIpc) is 3.00. The molecule has 0 bridgehead atoms. The third-order valence-electron chi connectivity index (χ3n) is 3.68. The van der Waals surface area contributed by atoms with Crippen molar-refractivity contribution in [3.05, 3.63) is 33.2 Å². The normalized spacial score (nSPS) is 14.9. The van der Waals surface area contributed by atoms with Gasteiger partial charge < -0.3 is 14.5 Å². The first-order valence-corrected chi connectivity index (χ1v) is 8.45. The number of carbonyl (C=O) groups is 1. The van der Waals surface area contributed by atoms with Gasteiger partial charge in [0.05, 0.1) is 16.3 Å². The van der Waals surface area contributed by atoms with Crippen LogP contribution in [-0.4, -0.2) is 54.1 Å². The van der Waals surface area contributed by atoms with E-state index in [9.17, 15) is 4.79 Å². The van der Waals surface area contributed by atoms with Gasteiger partial charge in [0.1, 0.15) is 11.6 Å². The van der Waals surface area contributed by atoms with E-state index in [1.165, 1.54) is 11.3 Å². The summed E-state index contributed by atoms with van der Waals surface area (Å²) in [6.07, 6.45) is 0. The molecule has 0 unspecified atom stereocenters. The highest BCUT2D eigenvalue weighted by molar-refractivity contribution is 7.17. The molecule has 1 fully saturated rings. The summed E-state index contributed by atoms with van der Waals surface area (Å²) >= 11 is 7.22. The van der Waals surface area contributed by atoms with Crippen molar-refractivity contribution < 1.29 is 9.53 Å². The predicted octanol–water partition coefficient (Wildman–Crippen LogP) is 2.47. The number of thiophene rings is 1. The van der Waals surface area contributed by atoms with Crippen molar-refractivity contribution in [3.63, 3.8) is 0 Å². The highest BCUT2D eigenvalue weighted by atomic mass is 35.5. The largest absolute Gasteiger partial charge is 0.481 e. The fourth-order valence-electron chi connectivity index (χ4n) is 2.52. The quantitative estimate of drug-likeness (QED) is 0.849. The Bertz CT molecular complexity index is 713. The van der Waals surface area contributed by atoms with Gasteiger partial charge in [-0.1, -0.05) is 11.6 Å². The van der Waals surface area contributed by atoms with Crippen LogP contribution in [0.15, 0.2) is 18.2 Å². The molecule has 0 saturated carbocycles. The molecule has 2 aromatic rings. The summed E-state index contributed by atoms with van der Waals surface area (Å²) < 4.78 is 5.83. The van der Waals surface area contributed by atoms with Crippen molar-refractivity contribution >= 4 is 34.7 Å². The molecule has 6 nitrogen and oxygen atoms in total. The van der Waals surface area contributed by atoms with E-state index in [-0.39, 0.29) is 5.91 Å². The Hall–Kier alpha value is -1.86. The summed E-state index contributed by atoms with van der Waals surface area (Å²) in [5.41, 5.74) is 0. The van der Waals surface area contributed by atoms with Gasteiger partial charge in [0.25, 0.3) is 5.91 Å². The lowest BCUT2D eigenvalue weighted by Gasteiger charge is -2.35. The Labute approximate surface area is 143 Å². The lowest BCUT2D eigenvalue weighted by atomic mass is 10.3. The number of carbonyl (C=O) groups excluding carboxylic acids is 1. The summed E-state index contributed by atoms with van der Waals surface area (Å²) in [4.78, 5) is 25.7. The van der Waals surface area contributed by atoms with Crippen LogP contribution >= 0.6 is 22.9 Å². The van der Waals surface area contributed by atoms with E-state index in [0.717, 1.165) is 18.9 Å². The fraction of sp³-hybridized carbons (Fsp3) is 0.400. The number of amides is 1. The van der Waals surface area contributed by atoms with Crippen molar-refractivity contribution in [2.75, 3.05) is 38.2 Å². The highest BCUT2D eigenvalue weighted by Gasteiger charge is 2.24. The molecule has 1 saturated heterocycles. The van der Waals surface area contributed by atoms with Crippen LogP contribution in [0.1, 0.15) is 15.5 Å². The third kappa shape index (κ3) is 3.56. The van der Waals surface area contributed by atoms with Crippen LogP contribution in [-0.2, 0) is 0 Å². The van der Waals surface area contributed by atoms with E-state index in [0.29, 0.717) is 34.0 Å². The topological polar surface area (TPSA) is 58.6 Å². The first-order valence-electron chi connectivity index (χ1n) is 7.26. The van der Waals surface area contributed by atoms with Crippen molar-refractivity contribution in [2.24, 2.45) is 0 Å². The zero-order valence-electron chi connectivity index (χ0n) is 13.0. The summed E-state index contributed by atoms with van der Waals surface area (Å²) in [5, 5.41) is 0. The molecule has 0 spiro atoms. The number of aryl methyl sites for hydroxylation is 1. The maximum absolute atomic E-state index is 12.4. The molecule has 122 valence electrons. The third-order valence-corrected chi connectivity index (χ3v) is 4.90. The Morgan fingerprint density at radius 1 is 1.26 bits per heavy atom. The van der Waals surface area contributed by atoms with E-state index in [1.54, 1.807) is 19.2 Å². The molecule has 1 amide bonds. The van der Waals surface area contributed by atoms with E-state index >= 15 is 0 Å². The summed E-state index contributed by atoms with van der Waals surface area (Å²) in [6.45, 7) is 4.60.